The van der Waals surface area contributed by atoms with Crippen molar-refractivity contribution >= 4 is 6.03 Å². The molecule has 0 aromatic heterocycles. The molecule has 0 unspecified atom stereocenters. The smallest absolute Gasteiger partial charge is 0.318 e. The minimum Gasteiger partial charge on any atom is -0.318 e. The molecular weight excluding hydrogens is 406 g/mol. The number of amides is 2. The minimum atomic E-state index is -0.0239. The van der Waals surface area contributed by atoms with Gasteiger partial charge in [-0.15, -0.1) is 0 Å². The van der Waals surface area contributed by atoms with Crippen molar-refractivity contribution in [2.75, 3.05) is 27.2 Å². The summed E-state index contributed by atoms with van der Waals surface area (Å²) in [6, 6.07) is 21.8. The summed E-state index contributed by atoms with van der Waals surface area (Å²) in [5.74, 6) is 0.826. The van der Waals surface area contributed by atoms with E-state index in [4.69, 9.17) is 0 Å². The second-order valence-electron chi connectivity index (χ2n) is 10.9. The molecule has 0 atom stereocenters. The second kappa shape index (κ2) is 9.13. The van der Waals surface area contributed by atoms with E-state index in [1.165, 1.54) is 36.8 Å². The van der Waals surface area contributed by atoms with E-state index in [0.29, 0.717) is 0 Å². The van der Waals surface area contributed by atoms with Crippen LogP contribution in [0.5, 0.6) is 0 Å². The zero-order valence-electron chi connectivity index (χ0n) is 20.4. The van der Waals surface area contributed by atoms with Crippen LogP contribution >= 0.6 is 0 Å². The molecule has 176 valence electrons. The predicted molar refractivity (Wildman–Crippen MR) is 134 cm³/mol. The molecule has 2 aromatic rings. The summed E-state index contributed by atoms with van der Waals surface area (Å²) in [5.41, 5.74) is 2.67. The van der Waals surface area contributed by atoms with Gasteiger partial charge in [0, 0.05) is 25.2 Å². The van der Waals surface area contributed by atoms with Gasteiger partial charge >= 0.3 is 6.03 Å². The van der Waals surface area contributed by atoms with Crippen molar-refractivity contribution in [1.82, 2.24) is 14.7 Å². The molecule has 0 bridgehead atoms. The van der Waals surface area contributed by atoms with Gasteiger partial charge in [-0.25, -0.2) is 4.79 Å². The van der Waals surface area contributed by atoms with Gasteiger partial charge < -0.3 is 9.80 Å². The van der Waals surface area contributed by atoms with Crippen molar-refractivity contribution < 1.29 is 4.79 Å². The molecule has 5 rings (SSSR count). The van der Waals surface area contributed by atoms with Crippen LogP contribution in [-0.2, 0) is 12.1 Å². The molecule has 33 heavy (non-hydrogen) atoms. The zero-order valence-corrected chi connectivity index (χ0v) is 20.4. The number of carbonyl (C=O) groups is 1. The molecule has 2 aromatic carbocycles. The van der Waals surface area contributed by atoms with Gasteiger partial charge in [0.25, 0.3) is 0 Å². The minimum absolute atomic E-state index is 0.0239. The normalized spacial score (nSPS) is 28.0. The number of hydrogen-bond donors (Lipinski definition) is 0. The maximum absolute atomic E-state index is 13.7. The molecular formula is C29H39N3O. The molecule has 1 spiro atoms. The second-order valence-corrected chi connectivity index (χ2v) is 10.9. The summed E-state index contributed by atoms with van der Waals surface area (Å²) in [6.07, 6.45) is 9.56. The fraction of sp³-hybridized carbons (Fsp3) is 0.552. The Morgan fingerprint density at radius 3 is 2.12 bits per heavy atom. The van der Waals surface area contributed by atoms with Crippen molar-refractivity contribution in [3.05, 3.63) is 71.8 Å². The molecule has 2 amide bonds. The Bertz CT molecular complexity index is 930. The first-order valence-corrected chi connectivity index (χ1v) is 12.9. The Morgan fingerprint density at radius 1 is 0.909 bits per heavy atom. The Balaban J connectivity index is 1.38. The molecule has 3 fully saturated rings. The Hall–Kier alpha value is -2.33. The van der Waals surface area contributed by atoms with Crippen LogP contribution in [0.1, 0.15) is 62.5 Å². The van der Waals surface area contributed by atoms with Crippen molar-refractivity contribution in [1.29, 1.82) is 0 Å². The van der Waals surface area contributed by atoms with E-state index in [1.807, 2.05) is 6.07 Å². The summed E-state index contributed by atoms with van der Waals surface area (Å²) < 4.78 is 0. The Kier molecular flexibility index (Phi) is 6.22. The van der Waals surface area contributed by atoms with E-state index in [0.717, 1.165) is 51.2 Å². The first-order valence-electron chi connectivity index (χ1n) is 12.9. The van der Waals surface area contributed by atoms with E-state index in [-0.39, 0.29) is 17.1 Å². The van der Waals surface area contributed by atoms with Crippen molar-refractivity contribution in [3.63, 3.8) is 0 Å². The highest BCUT2D eigenvalue weighted by Crippen LogP contribution is 2.49. The van der Waals surface area contributed by atoms with Crippen LogP contribution in [0.25, 0.3) is 0 Å². The SMILES string of the molecule is CN(C)C1(c2ccccc2)CCC2(CC1)CN(Cc1ccccc1)C(=O)N2CCC1CCC1. The number of urea groups is 1. The lowest BCUT2D eigenvalue weighted by atomic mass is 9.68. The van der Waals surface area contributed by atoms with E-state index < -0.39 is 0 Å². The maximum Gasteiger partial charge on any atom is 0.320 e. The standard InChI is InChI=1S/C29H39N3O/c1-30(2)29(26-14-7-4-8-15-26)19-17-28(18-20-29)23-31(22-25-10-5-3-6-11-25)27(33)32(28)21-16-24-12-9-13-24/h3-8,10-11,14-15,24H,9,12-13,16-23H2,1-2H3. The van der Waals surface area contributed by atoms with Crippen molar-refractivity contribution in [2.45, 2.75) is 69.0 Å². The maximum atomic E-state index is 13.7. The molecule has 2 saturated carbocycles. The molecule has 2 aliphatic carbocycles. The number of nitrogens with zero attached hydrogens (tertiary/aromatic N) is 3. The van der Waals surface area contributed by atoms with Crippen LogP contribution in [-0.4, -0.2) is 53.5 Å². The van der Waals surface area contributed by atoms with Gasteiger partial charge in [-0.05, 0) is 63.2 Å². The summed E-state index contributed by atoms with van der Waals surface area (Å²) >= 11 is 0. The van der Waals surface area contributed by atoms with Gasteiger partial charge in [0.1, 0.15) is 0 Å². The number of rotatable bonds is 7. The monoisotopic (exact) mass is 445 g/mol. The average Bonchev–Trinajstić information content (AvgIpc) is 3.05. The Labute approximate surface area is 199 Å². The first-order chi connectivity index (χ1) is 16.0. The number of hydrogen-bond acceptors (Lipinski definition) is 2. The largest absolute Gasteiger partial charge is 0.320 e. The fourth-order valence-corrected chi connectivity index (χ4v) is 6.53. The quantitative estimate of drug-likeness (QED) is 0.532. The fourth-order valence-electron chi connectivity index (χ4n) is 6.53. The molecule has 1 heterocycles. The zero-order chi connectivity index (χ0) is 22.9. The summed E-state index contributed by atoms with van der Waals surface area (Å²) in [4.78, 5) is 20.6. The van der Waals surface area contributed by atoms with E-state index >= 15 is 0 Å². The highest BCUT2D eigenvalue weighted by atomic mass is 16.2. The van der Waals surface area contributed by atoms with Gasteiger partial charge in [0.05, 0.1) is 5.54 Å². The predicted octanol–water partition coefficient (Wildman–Crippen LogP) is 5.88. The van der Waals surface area contributed by atoms with Crippen LogP contribution in [0.15, 0.2) is 60.7 Å². The number of carbonyl (C=O) groups excluding carboxylic acids is 1. The summed E-state index contributed by atoms with van der Waals surface area (Å²) in [7, 11) is 4.45. The van der Waals surface area contributed by atoms with E-state index in [1.54, 1.807) is 0 Å². The summed E-state index contributed by atoms with van der Waals surface area (Å²) in [6.45, 7) is 2.51. The van der Waals surface area contributed by atoms with Gasteiger partial charge in [0.15, 0.2) is 0 Å². The molecule has 1 aliphatic heterocycles. The van der Waals surface area contributed by atoms with Crippen LogP contribution < -0.4 is 0 Å². The molecule has 3 aliphatic rings. The lowest BCUT2D eigenvalue weighted by molar-refractivity contribution is 0.0219. The van der Waals surface area contributed by atoms with Crippen LogP contribution in [0.3, 0.4) is 0 Å². The Morgan fingerprint density at radius 2 is 1.55 bits per heavy atom. The lowest BCUT2D eigenvalue weighted by Gasteiger charge is -2.51. The molecule has 1 saturated heterocycles. The van der Waals surface area contributed by atoms with Crippen molar-refractivity contribution in [3.8, 4) is 0 Å². The van der Waals surface area contributed by atoms with Gasteiger partial charge in [-0.2, -0.15) is 0 Å². The van der Waals surface area contributed by atoms with E-state index in [2.05, 4.69) is 83.4 Å². The van der Waals surface area contributed by atoms with Gasteiger partial charge in [-0.1, -0.05) is 79.9 Å². The highest BCUT2D eigenvalue weighted by Gasteiger charge is 2.54. The molecule has 4 heteroatoms. The third-order valence-corrected chi connectivity index (χ3v) is 8.94. The highest BCUT2D eigenvalue weighted by molar-refractivity contribution is 5.78. The molecule has 4 nitrogen and oxygen atoms in total. The van der Waals surface area contributed by atoms with Gasteiger partial charge in [-0.3, -0.25) is 4.90 Å². The van der Waals surface area contributed by atoms with Gasteiger partial charge in [0.2, 0.25) is 0 Å². The van der Waals surface area contributed by atoms with Crippen LogP contribution in [0, 0.1) is 5.92 Å². The first kappa shape index (κ1) is 22.5. The molecule has 0 radical (unpaired) electrons. The van der Waals surface area contributed by atoms with Crippen molar-refractivity contribution in [2.24, 2.45) is 5.92 Å². The van der Waals surface area contributed by atoms with Crippen LogP contribution in [0.2, 0.25) is 0 Å². The third kappa shape index (κ3) is 4.19. The third-order valence-electron chi connectivity index (χ3n) is 8.94. The van der Waals surface area contributed by atoms with Crippen LogP contribution in [0.4, 0.5) is 4.79 Å². The number of benzene rings is 2. The summed E-state index contributed by atoms with van der Waals surface area (Å²) in [5, 5.41) is 0. The molecule has 0 N–H and O–H groups in total. The lowest BCUT2D eigenvalue weighted by Crippen LogP contribution is -2.55. The van der Waals surface area contributed by atoms with E-state index in [9.17, 15) is 4.79 Å². The average molecular weight is 446 g/mol. The topological polar surface area (TPSA) is 26.8 Å².